The van der Waals surface area contributed by atoms with E-state index in [1.54, 1.807) is 0 Å². The van der Waals surface area contributed by atoms with Crippen LogP contribution in [0.4, 0.5) is 5.69 Å². The summed E-state index contributed by atoms with van der Waals surface area (Å²) in [7, 11) is 4.16. The molecule has 0 fully saturated rings. The fourth-order valence-electron chi connectivity index (χ4n) is 2.67. The summed E-state index contributed by atoms with van der Waals surface area (Å²) in [6, 6.07) is 14.8. The molecule has 0 aliphatic carbocycles. The Morgan fingerprint density at radius 1 is 1.16 bits per heavy atom. The third kappa shape index (κ3) is 5.43. The predicted octanol–water partition coefficient (Wildman–Crippen LogP) is 4.80. The molecular weight excluding hydrogens is 350 g/mol. The van der Waals surface area contributed by atoms with E-state index in [0.29, 0.717) is 5.11 Å². The summed E-state index contributed by atoms with van der Waals surface area (Å²) < 4.78 is 0. The second-order valence-electron chi connectivity index (χ2n) is 6.32. The standard InChI is InChI=1S/C20H26ClN3S/c1-5-15-9-11-16(12-10-15)19(24(3)4)13-22-20(25)23-18-8-6-7-17(21)14(18)2/h6-12,19H,5,13H2,1-4H3,(H2,22,23,25)/t19-/m1/s1. The summed E-state index contributed by atoms with van der Waals surface area (Å²) in [5, 5.41) is 7.89. The number of rotatable bonds is 6. The zero-order valence-corrected chi connectivity index (χ0v) is 16.8. The summed E-state index contributed by atoms with van der Waals surface area (Å²) >= 11 is 11.6. The lowest BCUT2D eigenvalue weighted by atomic mass is 10.0. The molecule has 0 radical (unpaired) electrons. The van der Waals surface area contributed by atoms with Crippen molar-refractivity contribution in [1.29, 1.82) is 0 Å². The van der Waals surface area contributed by atoms with Gasteiger partial charge in [0.05, 0.1) is 6.04 Å². The van der Waals surface area contributed by atoms with E-state index in [1.165, 1.54) is 11.1 Å². The Hall–Kier alpha value is -1.62. The van der Waals surface area contributed by atoms with Crippen LogP contribution in [0.15, 0.2) is 42.5 Å². The van der Waals surface area contributed by atoms with Crippen molar-refractivity contribution in [3.8, 4) is 0 Å². The highest BCUT2D eigenvalue weighted by atomic mass is 35.5. The smallest absolute Gasteiger partial charge is 0.170 e. The van der Waals surface area contributed by atoms with Crippen LogP contribution in [-0.2, 0) is 6.42 Å². The number of nitrogens with one attached hydrogen (secondary N) is 2. The van der Waals surface area contributed by atoms with Gasteiger partial charge < -0.3 is 15.5 Å². The monoisotopic (exact) mass is 375 g/mol. The zero-order valence-electron chi connectivity index (χ0n) is 15.3. The van der Waals surface area contributed by atoms with E-state index in [0.717, 1.165) is 29.2 Å². The minimum absolute atomic E-state index is 0.242. The summed E-state index contributed by atoms with van der Waals surface area (Å²) in [5.74, 6) is 0. The number of nitrogens with zero attached hydrogens (tertiary/aromatic N) is 1. The maximum atomic E-state index is 6.16. The maximum absolute atomic E-state index is 6.16. The van der Waals surface area contributed by atoms with E-state index in [1.807, 2.05) is 25.1 Å². The zero-order chi connectivity index (χ0) is 18.4. The second kappa shape index (κ2) is 9.18. The van der Waals surface area contributed by atoms with Gasteiger partial charge in [-0.05, 0) is 68.5 Å². The van der Waals surface area contributed by atoms with Crippen LogP contribution in [0.25, 0.3) is 0 Å². The Bertz CT molecular complexity index is 713. The quantitative estimate of drug-likeness (QED) is 0.709. The molecule has 5 heteroatoms. The molecule has 2 aromatic carbocycles. The van der Waals surface area contributed by atoms with Gasteiger partial charge in [0.1, 0.15) is 0 Å². The Morgan fingerprint density at radius 2 is 1.84 bits per heavy atom. The molecular formula is C20H26ClN3S. The molecule has 0 bridgehead atoms. The van der Waals surface area contributed by atoms with Gasteiger partial charge in [0.25, 0.3) is 0 Å². The van der Waals surface area contributed by atoms with Crippen molar-refractivity contribution < 1.29 is 0 Å². The molecule has 0 aliphatic heterocycles. The number of halogens is 1. The molecule has 0 amide bonds. The van der Waals surface area contributed by atoms with Crippen LogP contribution >= 0.6 is 23.8 Å². The van der Waals surface area contributed by atoms with Gasteiger partial charge in [0.15, 0.2) is 5.11 Å². The molecule has 0 spiro atoms. The molecule has 25 heavy (non-hydrogen) atoms. The van der Waals surface area contributed by atoms with Crippen molar-refractivity contribution in [3.05, 3.63) is 64.2 Å². The molecule has 2 rings (SSSR count). The van der Waals surface area contributed by atoms with Gasteiger partial charge in [-0.3, -0.25) is 0 Å². The molecule has 2 aromatic rings. The number of thiocarbonyl (C=S) groups is 1. The van der Waals surface area contributed by atoms with E-state index in [4.69, 9.17) is 23.8 Å². The van der Waals surface area contributed by atoms with Gasteiger partial charge in [0, 0.05) is 17.3 Å². The van der Waals surface area contributed by atoms with Crippen molar-refractivity contribution in [1.82, 2.24) is 10.2 Å². The summed E-state index contributed by atoms with van der Waals surface area (Å²) in [6.45, 7) is 4.87. The Labute approximate surface area is 161 Å². The van der Waals surface area contributed by atoms with E-state index < -0.39 is 0 Å². The lowest BCUT2D eigenvalue weighted by Crippen LogP contribution is -2.36. The molecule has 2 N–H and O–H groups in total. The minimum atomic E-state index is 0.242. The molecule has 0 saturated heterocycles. The van der Waals surface area contributed by atoms with Gasteiger partial charge in [0.2, 0.25) is 0 Å². The highest BCUT2D eigenvalue weighted by molar-refractivity contribution is 7.80. The summed E-state index contributed by atoms with van der Waals surface area (Å²) in [6.07, 6.45) is 1.05. The third-order valence-electron chi connectivity index (χ3n) is 4.37. The molecule has 0 aliphatic rings. The molecule has 0 saturated carbocycles. The SMILES string of the molecule is CCc1ccc([C@@H](CNC(=S)Nc2cccc(Cl)c2C)N(C)C)cc1. The fraction of sp³-hybridized carbons (Fsp3) is 0.350. The maximum Gasteiger partial charge on any atom is 0.170 e. The van der Waals surface area contributed by atoms with Crippen molar-refractivity contribution in [2.24, 2.45) is 0 Å². The molecule has 134 valence electrons. The highest BCUT2D eigenvalue weighted by Gasteiger charge is 2.14. The van der Waals surface area contributed by atoms with Crippen LogP contribution in [-0.4, -0.2) is 30.7 Å². The Morgan fingerprint density at radius 3 is 2.44 bits per heavy atom. The number of aryl methyl sites for hydroxylation is 1. The number of benzene rings is 2. The van der Waals surface area contributed by atoms with E-state index >= 15 is 0 Å². The number of hydrogen-bond acceptors (Lipinski definition) is 2. The van der Waals surface area contributed by atoms with Gasteiger partial charge in [-0.2, -0.15) is 0 Å². The third-order valence-corrected chi connectivity index (χ3v) is 5.02. The van der Waals surface area contributed by atoms with Crippen LogP contribution in [0.1, 0.15) is 29.7 Å². The van der Waals surface area contributed by atoms with Gasteiger partial charge in [-0.15, -0.1) is 0 Å². The lowest BCUT2D eigenvalue weighted by Gasteiger charge is -2.26. The predicted molar refractivity (Wildman–Crippen MR) is 113 cm³/mol. The van der Waals surface area contributed by atoms with Crippen molar-refractivity contribution in [3.63, 3.8) is 0 Å². The fourth-order valence-corrected chi connectivity index (χ4v) is 3.04. The summed E-state index contributed by atoms with van der Waals surface area (Å²) in [4.78, 5) is 2.20. The molecule has 0 unspecified atom stereocenters. The van der Waals surface area contributed by atoms with Crippen LogP contribution in [0, 0.1) is 6.92 Å². The van der Waals surface area contributed by atoms with Crippen molar-refractivity contribution in [2.75, 3.05) is 26.0 Å². The van der Waals surface area contributed by atoms with Crippen molar-refractivity contribution >= 4 is 34.6 Å². The first-order valence-electron chi connectivity index (χ1n) is 8.47. The molecule has 1 atom stereocenters. The lowest BCUT2D eigenvalue weighted by molar-refractivity contribution is 0.299. The van der Waals surface area contributed by atoms with Crippen LogP contribution < -0.4 is 10.6 Å². The Kier molecular flexibility index (Phi) is 7.24. The number of hydrogen-bond donors (Lipinski definition) is 2. The van der Waals surface area contributed by atoms with Crippen LogP contribution in [0.5, 0.6) is 0 Å². The second-order valence-corrected chi connectivity index (χ2v) is 7.14. The largest absolute Gasteiger partial charge is 0.361 e. The first-order chi connectivity index (χ1) is 11.9. The Balaban J connectivity index is 2.00. The van der Waals surface area contributed by atoms with E-state index in [-0.39, 0.29) is 6.04 Å². The van der Waals surface area contributed by atoms with E-state index in [2.05, 4.69) is 60.8 Å². The van der Waals surface area contributed by atoms with E-state index in [9.17, 15) is 0 Å². The van der Waals surface area contributed by atoms with Gasteiger partial charge >= 0.3 is 0 Å². The molecule has 0 aromatic heterocycles. The molecule has 0 heterocycles. The molecule has 3 nitrogen and oxygen atoms in total. The average Bonchev–Trinajstić information content (AvgIpc) is 2.59. The van der Waals surface area contributed by atoms with Crippen LogP contribution in [0.3, 0.4) is 0 Å². The normalized spacial score (nSPS) is 12.1. The number of likely N-dealkylation sites (N-methyl/N-ethyl adjacent to an activating group) is 1. The van der Waals surface area contributed by atoms with Gasteiger partial charge in [-0.25, -0.2) is 0 Å². The number of anilines is 1. The summed E-state index contributed by atoms with van der Waals surface area (Å²) in [5.41, 5.74) is 4.55. The topological polar surface area (TPSA) is 27.3 Å². The van der Waals surface area contributed by atoms with Crippen molar-refractivity contribution in [2.45, 2.75) is 26.3 Å². The first-order valence-corrected chi connectivity index (χ1v) is 9.26. The van der Waals surface area contributed by atoms with Crippen LogP contribution in [0.2, 0.25) is 5.02 Å². The average molecular weight is 376 g/mol. The highest BCUT2D eigenvalue weighted by Crippen LogP contribution is 2.23. The minimum Gasteiger partial charge on any atom is -0.361 e. The first kappa shape index (κ1) is 19.7. The van der Waals surface area contributed by atoms with Gasteiger partial charge in [-0.1, -0.05) is 48.9 Å².